The smallest absolute Gasteiger partial charge is 0.273 e. The van der Waals surface area contributed by atoms with Gasteiger partial charge in [0.2, 0.25) is 0 Å². The van der Waals surface area contributed by atoms with Crippen molar-refractivity contribution in [3.8, 4) is 5.69 Å². The molecule has 0 saturated heterocycles. The molecule has 28 heavy (non-hydrogen) atoms. The molecular formula is C23H25N3O2. The number of amides is 1. The highest BCUT2D eigenvalue weighted by Gasteiger charge is 2.19. The second-order valence-electron chi connectivity index (χ2n) is 6.71. The number of carbonyl (C=O) groups is 1. The molecule has 3 rings (SSSR count). The van der Waals surface area contributed by atoms with Crippen molar-refractivity contribution < 1.29 is 9.53 Å². The summed E-state index contributed by atoms with van der Waals surface area (Å²) in [4.78, 5) is 12.4. The van der Waals surface area contributed by atoms with Crippen molar-refractivity contribution in [2.75, 3.05) is 7.11 Å². The number of hydrogen-bond acceptors (Lipinski definition) is 3. The van der Waals surface area contributed by atoms with Gasteiger partial charge in [-0.2, -0.15) is 5.10 Å². The number of nitrogens with one attached hydrogen (secondary N) is 1. The molecule has 0 saturated carbocycles. The van der Waals surface area contributed by atoms with Gasteiger partial charge in [0.15, 0.2) is 6.10 Å². The van der Waals surface area contributed by atoms with Crippen molar-refractivity contribution in [1.29, 1.82) is 0 Å². The molecule has 1 heterocycles. The van der Waals surface area contributed by atoms with Gasteiger partial charge < -0.3 is 9.30 Å². The van der Waals surface area contributed by atoms with Crippen LogP contribution in [0.3, 0.4) is 0 Å². The molecule has 0 radical (unpaired) electrons. The minimum atomic E-state index is -0.697. The molecule has 1 amide bonds. The first-order valence-electron chi connectivity index (χ1n) is 9.18. The van der Waals surface area contributed by atoms with Gasteiger partial charge in [0.25, 0.3) is 5.91 Å². The van der Waals surface area contributed by atoms with Gasteiger partial charge in [-0.3, -0.25) is 4.79 Å². The highest BCUT2D eigenvalue weighted by Crippen LogP contribution is 2.22. The molecule has 1 N–H and O–H groups in total. The average molecular weight is 375 g/mol. The van der Waals surface area contributed by atoms with E-state index < -0.39 is 6.10 Å². The molecule has 0 unspecified atom stereocenters. The van der Waals surface area contributed by atoms with E-state index in [1.54, 1.807) is 6.21 Å². The highest BCUT2D eigenvalue weighted by molar-refractivity contribution is 5.86. The summed E-state index contributed by atoms with van der Waals surface area (Å²) >= 11 is 0. The predicted octanol–water partition coefficient (Wildman–Crippen LogP) is 4.24. The summed E-state index contributed by atoms with van der Waals surface area (Å²) in [7, 11) is 1.51. The summed E-state index contributed by atoms with van der Waals surface area (Å²) in [5, 5.41) is 4.15. The standard InChI is InChI=1S/C23H25N3O2/c1-16-10-8-9-13-21(16)26-17(2)14-20(18(26)3)15-24-25-23(27)22(28-4)19-11-6-5-7-12-19/h5-15,22H,1-4H3,(H,25,27)/b24-15-/t22-/m1/s1. The van der Waals surface area contributed by atoms with Crippen molar-refractivity contribution in [2.24, 2.45) is 5.10 Å². The predicted molar refractivity (Wildman–Crippen MR) is 112 cm³/mol. The molecule has 2 aromatic carbocycles. The summed E-state index contributed by atoms with van der Waals surface area (Å²) in [6.45, 7) is 6.20. The average Bonchev–Trinajstić information content (AvgIpc) is 2.97. The van der Waals surface area contributed by atoms with Crippen molar-refractivity contribution in [3.05, 3.63) is 88.7 Å². The fraction of sp³-hybridized carbons (Fsp3) is 0.217. The van der Waals surface area contributed by atoms with Gasteiger partial charge >= 0.3 is 0 Å². The highest BCUT2D eigenvalue weighted by atomic mass is 16.5. The summed E-state index contributed by atoms with van der Waals surface area (Å²) in [5.41, 5.74) is 8.84. The molecule has 0 bridgehead atoms. The number of methoxy groups -OCH3 is 1. The van der Waals surface area contributed by atoms with Crippen LogP contribution in [-0.4, -0.2) is 23.8 Å². The molecule has 0 aliphatic rings. The lowest BCUT2D eigenvalue weighted by Crippen LogP contribution is -2.26. The number of benzene rings is 2. The van der Waals surface area contributed by atoms with Crippen LogP contribution in [0.25, 0.3) is 5.69 Å². The lowest BCUT2D eigenvalue weighted by Gasteiger charge is -2.13. The molecule has 5 nitrogen and oxygen atoms in total. The monoisotopic (exact) mass is 375 g/mol. The number of para-hydroxylation sites is 1. The van der Waals surface area contributed by atoms with Crippen LogP contribution >= 0.6 is 0 Å². The molecule has 0 spiro atoms. The van der Waals surface area contributed by atoms with Crippen molar-refractivity contribution >= 4 is 12.1 Å². The van der Waals surface area contributed by atoms with E-state index in [4.69, 9.17) is 4.74 Å². The van der Waals surface area contributed by atoms with Crippen LogP contribution < -0.4 is 5.43 Å². The topological polar surface area (TPSA) is 55.6 Å². The van der Waals surface area contributed by atoms with E-state index in [0.717, 1.165) is 28.2 Å². The Morgan fingerprint density at radius 1 is 1.07 bits per heavy atom. The molecular weight excluding hydrogens is 350 g/mol. The lowest BCUT2D eigenvalue weighted by molar-refractivity contribution is -0.131. The zero-order valence-corrected chi connectivity index (χ0v) is 16.6. The van der Waals surface area contributed by atoms with Gasteiger partial charge in [-0.05, 0) is 44.0 Å². The molecule has 0 aliphatic carbocycles. The number of hydrazone groups is 1. The minimum absolute atomic E-state index is 0.308. The van der Waals surface area contributed by atoms with E-state index in [-0.39, 0.29) is 5.91 Å². The zero-order valence-electron chi connectivity index (χ0n) is 16.6. The first-order valence-corrected chi connectivity index (χ1v) is 9.18. The fourth-order valence-electron chi connectivity index (χ4n) is 3.35. The summed E-state index contributed by atoms with van der Waals surface area (Å²) in [5.74, 6) is -0.308. The minimum Gasteiger partial charge on any atom is -0.367 e. The fourth-order valence-corrected chi connectivity index (χ4v) is 3.35. The van der Waals surface area contributed by atoms with Crippen LogP contribution in [0.2, 0.25) is 0 Å². The van der Waals surface area contributed by atoms with Crippen molar-refractivity contribution in [1.82, 2.24) is 9.99 Å². The third kappa shape index (κ3) is 4.05. The Morgan fingerprint density at radius 2 is 1.75 bits per heavy atom. The number of aromatic nitrogens is 1. The van der Waals surface area contributed by atoms with E-state index in [1.165, 1.54) is 12.7 Å². The summed E-state index contributed by atoms with van der Waals surface area (Å²) < 4.78 is 7.52. The SMILES string of the molecule is CO[C@@H](C(=O)N/N=C\c1cc(C)n(-c2ccccc2C)c1C)c1ccccc1. The van der Waals surface area contributed by atoms with Crippen LogP contribution in [0.4, 0.5) is 0 Å². The maximum absolute atomic E-state index is 12.4. The van der Waals surface area contributed by atoms with Crippen LogP contribution in [0.5, 0.6) is 0 Å². The first kappa shape index (κ1) is 19.6. The van der Waals surface area contributed by atoms with Gasteiger partial charge in [-0.1, -0.05) is 48.5 Å². The van der Waals surface area contributed by atoms with E-state index >= 15 is 0 Å². The second-order valence-corrected chi connectivity index (χ2v) is 6.71. The Balaban J connectivity index is 1.77. The molecule has 0 fully saturated rings. The maximum atomic E-state index is 12.4. The van der Waals surface area contributed by atoms with Crippen LogP contribution in [0, 0.1) is 20.8 Å². The first-order chi connectivity index (χ1) is 13.5. The van der Waals surface area contributed by atoms with Gasteiger partial charge in [-0.25, -0.2) is 5.43 Å². The van der Waals surface area contributed by atoms with Crippen molar-refractivity contribution in [3.63, 3.8) is 0 Å². The number of aryl methyl sites for hydroxylation is 2. The molecule has 144 valence electrons. The number of ether oxygens (including phenoxy) is 1. The third-order valence-corrected chi connectivity index (χ3v) is 4.78. The third-order valence-electron chi connectivity index (χ3n) is 4.78. The van der Waals surface area contributed by atoms with E-state index in [2.05, 4.69) is 47.1 Å². The van der Waals surface area contributed by atoms with Gasteiger partial charge in [0, 0.05) is 29.7 Å². The largest absolute Gasteiger partial charge is 0.367 e. The van der Waals surface area contributed by atoms with E-state index in [1.807, 2.05) is 49.4 Å². The summed E-state index contributed by atoms with van der Waals surface area (Å²) in [6.07, 6.45) is 0.977. The molecule has 0 aliphatic heterocycles. The van der Waals surface area contributed by atoms with Crippen molar-refractivity contribution in [2.45, 2.75) is 26.9 Å². The zero-order chi connectivity index (χ0) is 20.1. The molecule has 3 aromatic rings. The Hall–Kier alpha value is -3.18. The second kappa shape index (κ2) is 8.67. The molecule has 1 atom stereocenters. The lowest BCUT2D eigenvalue weighted by atomic mass is 10.1. The number of carbonyl (C=O) groups excluding carboxylic acids is 1. The quantitative estimate of drug-likeness (QED) is 0.517. The van der Waals surface area contributed by atoms with E-state index in [0.29, 0.717) is 0 Å². The Kier molecular flexibility index (Phi) is 6.06. The number of hydrogen-bond donors (Lipinski definition) is 1. The summed E-state index contributed by atoms with van der Waals surface area (Å²) in [6, 6.07) is 19.7. The molecule has 5 heteroatoms. The van der Waals surface area contributed by atoms with Crippen LogP contribution in [0.15, 0.2) is 65.8 Å². The van der Waals surface area contributed by atoms with Gasteiger partial charge in [0.1, 0.15) is 0 Å². The molecule has 1 aromatic heterocycles. The van der Waals surface area contributed by atoms with Crippen LogP contribution in [0.1, 0.15) is 34.2 Å². The Bertz CT molecular complexity index is 990. The number of nitrogens with zero attached hydrogens (tertiary/aromatic N) is 2. The maximum Gasteiger partial charge on any atom is 0.273 e. The normalized spacial score (nSPS) is 12.3. The number of rotatable bonds is 6. The Labute approximate surface area is 165 Å². The van der Waals surface area contributed by atoms with Gasteiger partial charge in [0.05, 0.1) is 6.21 Å². The van der Waals surface area contributed by atoms with Crippen LogP contribution in [-0.2, 0) is 9.53 Å². The van der Waals surface area contributed by atoms with Gasteiger partial charge in [-0.15, -0.1) is 0 Å². The van der Waals surface area contributed by atoms with E-state index in [9.17, 15) is 4.79 Å². The Morgan fingerprint density at radius 3 is 2.43 bits per heavy atom.